The first-order chi connectivity index (χ1) is 11.7. The maximum Gasteiger partial charge on any atom is 0.227 e. The number of benzene rings is 2. The van der Waals surface area contributed by atoms with Crippen LogP contribution in [0.1, 0.15) is 12.0 Å². The molecule has 126 valence electrons. The first-order valence-electron chi connectivity index (χ1n) is 8.12. The highest BCUT2D eigenvalue weighted by Crippen LogP contribution is 2.14. The molecule has 1 aliphatic heterocycles. The van der Waals surface area contributed by atoms with E-state index in [1.807, 2.05) is 18.2 Å². The first-order valence-corrected chi connectivity index (χ1v) is 8.12. The molecule has 0 spiro atoms. The van der Waals surface area contributed by atoms with Crippen LogP contribution in [0.25, 0.3) is 0 Å². The quantitative estimate of drug-likeness (QED) is 0.917. The topological polar surface area (TPSA) is 41.6 Å². The molecule has 1 heterocycles. The third kappa shape index (κ3) is 4.88. The molecule has 1 N–H and O–H groups in total. The van der Waals surface area contributed by atoms with Crippen LogP contribution in [-0.2, 0) is 16.1 Å². The van der Waals surface area contributed by atoms with Crippen LogP contribution in [0.3, 0.4) is 0 Å². The molecule has 0 aliphatic carbocycles. The Kier molecular flexibility index (Phi) is 5.56. The number of ether oxygens (including phenoxy) is 1. The fraction of sp³-hybridized carbons (Fsp3) is 0.316. The van der Waals surface area contributed by atoms with Crippen molar-refractivity contribution < 1.29 is 13.9 Å². The number of halogens is 1. The minimum Gasteiger partial charge on any atom is -0.375 e. The number of anilines is 1. The van der Waals surface area contributed by atoms with E-state index in [4.69, 9.17) is 4.74 Å². The normalized spacial score (nSPS) is 18.3. The summed E-state index contributed by atoms with van der Waals surface area (Å²) in [6.07, 6.45) is 0.123. The van der Waals surface area contributed by atoms with Crippen molar-refractivity contribution in [1.29, 1.82) is 0 Å². The van der Waals surface area contributed by atoms with Gasteiger partial charge in [0.2, 0.25) is 5.91 Å². The van der Waals surface area contributed by atoms with Crippen molar-refractivity contribution in [3.8, 4) is 0 Å². The highest BCUT2D eigenvalue weighted by molar-refractivity contribution is 5.91. The molecule has 1 unspecified atom stereocenters. The van der Waals surface area contributed by atoms with E-state index < -0.39 is 0 Å². The van der Waals surface area contributed by atoms with Crippen molar-refractivity contribution in [1.82, 2.24) is 4.90 Å². The smallest absolute Gasteiger partial charge is 0.227 e. The van der Waals surface area contributed by atoms with Crippen molar-refractivity contribution in [3.63, 3.8) is 0 Å². The number of carbonyl (C=O) groups excluding carboxylic acids is 1. The molecular formula is C19H21FN2O2. The van der Waals surface area contributed by atoms with Gasteiger partial charge in [-0.25, -0.2) is 4.39 Å². The van der Waals surface area contributed by atoms with Crippen LogP contribution in [0, 0.1) is 5.82 Å². The molecule has 1 fully saturated rings. The maximum atomic E-state index is 13.2. The van der Waals surface area contributed by atoms with Crippen LogP contribution in [-0.4, -0.2) is 36.6 Å². The van der Waals surface area contributed by atoms with E-state index in [-0.39, 0.29) is 24.2 Å². The zero-order valence-electron chi connectivity index (χ0n) is 13.5. The van der Waals surface area contributed by atoms with Gasteiger partial charge in [0, 0.05) is 25.3 Å². The van der Waals surface area contributed by atoms with Crippen molar-refractivity contribution in [2.45, 2.75) is 19.1 Å². The largest absolute Gasteiger partial charge is 0.375 e. The molecule has 2 aromatic carbocycles. The fourth-order valence-electron chi connectivity index (χ4n) is 2.87. The minimum atomic E-state index is -0.365. The van der Waals surface area contributed by atoms with Gasteiger partial charge in [0.1, 0.15) is 5.82 Å². The van der Waals surface area contributed by atoms with Crippen LogP contribution in [0.2, 0.25) is 0 Å². The van der Waals surface area contributed by atoms with Gasteiger partial charge >= 0.3 is 0 Å². The summed E-state index contributed by atoms with van der Waals surface area (Å²) in [5.74, 6) is -0.525. The van der Waals surface area contributed by atoms with E-state index >= 15 is 0 Å². The summed E-state index contributed by atoms with van der Waals surface area (Å²) in [5.41, 5.74) is 1.72. The number of nitrogens with zero attached hydrogens (tertiary/aromatic N) is 1. The lowest BCUT2D eigenvalue weighted by Crippen LogP contribution is -2.43. The molecule has 1 amide bonds. The predicted molar refractivity (Wildman–Crippen MR) is 91.1 cm³/mol. The van der Waals surface area contributed by atoms with Crippen molar-refractivity contribution in [2.75, 3.05) is 25.0 Å². The Morgan fingerprint density at radius 3 is 2.83 bits per heavy atom. The predicted octanol–water partition coefficient (Wildman–Crippen LogP) is 3.06. The van der Waals surface area contributed by atoms with Crippen molar-refractivity contribution >= 4 is 11.6 Å². The molecule has 4 nitrogen and oxygen atoms in total. The Balaban J connectivity index is 1.50. The zero-order chi connectivity index (χ0) is 16.8. The summed E-state index contributed by atoms with van der Waals surface area (Å²) in [6.45, 7) is 3.04. The number of carbonyl (C=O) groups is 1. The van der Waals surface area contributed by atoms with Crippen molar-refractivity contribution in [2.24, 2.45) is 0 Å². The second kappa shape index (κ2) is 8.04. The van der Waals surface area contributed by atoms with Crippen molar-refractivity contribution in [3.05, 3.63) is 66.0 Å². The maximum absolute atomic E-state index is 13.2. The van der Waals surface area contributed by atoms with Crippen LogP contribution in [0.4, 0.5) is 10.1 Å². The third-order valence-electron chi connectivity index (χ3n) is 3.99. The average molecular weight is 328 g/mol. The van der Waals surface area contributed by atoms with Gasteiger partial charge in [-0.2, -0.15) is 0 Å². The Labute approximate surface area is 141 Å². The summed E-state index contributed by atoms with van der Waals surface area (Å²) in [6, 6.07) is 16.2. The molecule has 0 saturated carbocycles. The summed E-state index contributed by atoms with van der Waals surface area (Å²) in [7, 11) is 0. The van der Waals surface area contributed by atoms with Gasteiger partial charge in [-0.05, 0) is 23.8 Å². The van der Waals surface area contributed by atoms with Gasteiger partial charge < -0.3 is 10.1 Å². The second-order valence-corrected chi connectivity index (χ2v) is 5.98. The van der Waals surface area contributed by atoms with Crippen LogP contribution in [0.15, 0.2) is 54.6 Å². The molecule has 1 atom stereocenters. The van der Waals surface area contributed by atoms with Gasteiger partial charge in [0.15, 0.2) is 0 Å². The molecule has 1 aliphatic rings. The van der Waals surface area contributed by atoms with Crippen LogP contribution >= 0.6 is 0 Å². The number of hydrogen-bond donors (Lipinski definition) is 1. The Bertz CT molecular complexity index is 678. The Hall–Kier alpha value is -2.24. The average Bonchev–Trinajstić information content (AvgIpc) is 2.56. The van der Waals surface area contributed by atoms with Gasteiger partial charge in [-0.1, -0.05) is 36.4 Å². The van der Waals surface area contributed by atoms with E-state index in [0.29, 0.717) is 18.8 Å². The number of morpholine rings is 1. The van der Waals surface area contributed by atoms with Gasteiger partial charge in [0.05, 0.1) is 19.1 Å². The SMILES string of the molecule is O=C(CC1CN(Cc2ccccc2)CCO1)Nc1cccc(F)c1. The number of rotatable bonds is 5. The minimum absolute atomic E-state index is 0.143. The second-order valence-electron chi connectivity index (χ2n) is 5.98. The molecule has 0 radical (unpaired) electrons. The number of hydrogen-bond acceptors (Lipinski definition) is 3. The first kappa shape index (κ1) is 16.6. The summed E-state index contributed by atoms with van der Waals surface area (Å²) >= 11 is 0. The standard InChI is InChI=1S/C19H21FN2O2/c20-16-7-4-8-17(11-16)21-19(23)12-18-14-22(9-10-24-18)13-15-5-2-1-3-6-15/h1-8,11,18H,9-10,12-14H2,(H,21,23). The van der Waals surface area contributed by atoms with Gasteiger partial charge in [0.25, 0.3) is 0 Å². The summed E-state index contributed by atoms with van der Waals surface area (Å²) < 4.78 is 18.9. The molecular weight excluding hydrogens is 307 g/mol. The van der Waals surface area contributed by atoms with E-state index in [2.05, 4.69) is 22.3 Å². The highest BCUT2D eigenvalue weighted by atomic mass is 19.1. The Morgan fingerprint density at radius 1 is 1.21 bits per heavy atom. The zero-order valence-corrected chi connectivity index (χ0v) is 13.5. The lowest BCUT2D eigenvalue weighted by molar-refractivity contribution is -0.121. The molecule has 0 bridgehead atoms. The monoisotopic (exact) mass is 328 g/mol. The van der Waals surface area contributed by atoms with Crippen LogP contribution < -0.4 is 5.32 Å². The molecule has 0 aromatic heterocycles. The van der Waals surface area contributed by atoms with Gasteiger partial charge in [-0.15, -0.1) is 0 Å². The number of nitrogens with one attached hydrogen (secondary N) is 1. The highest BCUT2D eigenvalue weighted by Gasteiger charge is 2.23. The summed E-state index contributed by atoms with van der Waals surface area (Å²) in [4.78, 5) is 14.4. The van der Waals surface area contributed by atoms with Crippen LogP contribution in [0.5, 0.6) is 0 Å². The molecule has 24 heavy (non-hydrogen) atoms. The molecule has 1 saturated heterocycles. The fourth-order valence-corrected chi connectivity index (χ4v) is 2.87. The van der Waals surface area contributed by atoms with E-state index in [9.17, 15) is 9.18 Å². The lowest BCUT2D eigenvalue weighted by Gasteiger charge is -2.32. The molecule has 3 rings (SSSR count). The Morgan fingerprint density at radius 2 is 2.04 bits per heavy atom. The van der Waals surface area contributed by atoms with Gasteiger partial charge in [-0.3, -0.25) is 9.69 Å². The third-order valence-corrected chi connectivity index (χ3v) is 3.99. The molecule has 5 heteroatoms. The molecule has 2 aromatic rings. The van der Waals surface area contributed by atoms with E-state index in [1.54, 1.807) is 12.1 Å². The van der Waals surface area contributed by atoms with E-state index in [1.165, 1.54) is 17.7 Å². The van der Waals surface area contributed by atoms with E-state index in [0.717, 1.165) is 13.1 Å². The number of amides is 1. The summed E-state index contributed by atoms with van der Waals surface area (Å²) in [5, 5.41) is 2.72. The lowest BCUT2D eigenvalue weighted by atomic mass is 10.1.